The van der Waals surface area contributed by atoms with Gasteiger partial charge in [0, 0.05) is 31.7 Å². The van der Waals surface area contributed by atoms with Gasteiger partial charge in [-0.3, -0.25) is 9.69 Å². The number of hydrogen-bond donors (Lipinski definition) is 1. The fourth-order valence-corrected chi connectivity index (χ4v) is 7.97. The van der Waals surface area contributed by atoms with Crippen LogP contribution >= 0.6 is 0 Å². The second-order valence-electron chi connectivity index (χ2n) is 9.33. The van der Waals surface area contributed by atoms with Crippen LogP contribution in [0.3, 0.4) is 0 Å². The van der Waals surface area contributed by atoms with Gasteiger partial charge in [-0.1, -0.05) is 18.1 Å². The van der Waals surface area contributed by atoms with E-state index in [1.807, 2.05) is 0 Å². The van der Waals surface area contributed by atoms with Crippen LogP contribution in [0.15, 0.2) is 40.8 Å². The number of sulfonamides is 1. The van der Waals surface area contributed by atoms with E-state index in [9.17, 15) is 13.2 Å². The van der Waals surface area contributed by atoms with Gasteiger partial charge < -0.3 is 5.32 Å². The Balaban J connectivity index is 1.44. The van der Waals surface area contributed by atoms with Crippen molar-refractivity contribution in [3.05, 3.63) is 35.9 Å². The van der Waals surface area contributed by atoms with Crippen molar-refractivity contribution in [1.29, 1.82) is 0 Å². The van der Waals surface area contributed by atoms with Gasteiger partial charge in [-0.2, -0.15) is 4.31 Å². The molecule has 162 valence electrons. The summed E-state index contributed by atoms with van der Waals surface area (Å²) in [5.74, 6) is 0.814. The molecule has 0 spiro atoms. The molecule has 1 N–H and O–H groups in total. The minimum Gasteiger partial charge on any atom is -0.326 e. The highest BCUT2D eigenvalue weighted by molar-refractivity contribution is 7.89. The van der Waals surface area contributed by atoms with Crippen molar-refractivity contribution >= 4 is 21.6 Å². The predicted molar refractivity (Wildman–Crippen MR) is 117 cm³/mol. The summed E-state index contributed by atoms with van der Waals surface area (Å²) in [5.41, 5.74) is 1.97. The minimum atomic E-state index is -3.58. The maximum Gasteiger partial charge on any atom is 0.243 e. The lowest BCUT2D eigenvalue weighted by molar-refractivity contribution is -0.114. The zero-order chi connectivity index (χ0) is 20.9. The van der Waals surface area contributed by atoms with Crippen molar-refractivity contribution in [2.45, 2.75) is 62.4 Å². The molecule has 3 saturated heterocycles. The number of nitrogens with zero attached hydrogens (tertiary/aromatic N) is 2. The van der Waals surface area contributed by atoms with Crippen molar-refractivity contribution in [2.75, 3.05) is 25.0 Å². The van der Waals surface area contributed by atoms with E-state index in [1.54, 1.807) is 28.6 Å². The molecule has 0 aromatic heterocycles. The maximum atomic E-state index is 13.6. The quantitative estimate of drug-likeness (QED) is 0.749. The van der Waals surface area contributed by atoms with Crippen molar-refractivity contribution in [1.82, 2.24) is 9.21 Å². The number of carbonyl (C=O) groups excluding carboxylic acids is 1. The zero-order valence-corrected chi connectivity index (χ0v) is 18.4. The van der Waals surface area contributed by atoms with Gasteiger partial charge in [-0.15, -0.1) is 0 Å². The maximum absolute atomic E-state index is 13.6. The Morgan fingerprint density at radius 3 is 2.67 bits per heavy atom. The summed E-state index contributed by atoms with van der Waals surface area (Å²) in [6.07, 6.45) is 9.35. The number of nitrogens with one attached hydrogen (secondary N) is 1. The molecule has 30 heavy (non-hydrogen) atoms. The number of carbonyl (C=O) groups is 1. The molecule has 3 heterocycles. The summed E-state index contributed by atoms with van der Waals surface area (Å²) in [5, 5.41) is 2.70. The standard InChI is InChI=1S/C23H31N3O3S/c1-16(27)24-20-7-9-21(10-8-20)30(28,29)26-12-4-5-17-13-18-14-19(23(17)26)15-25-11-3-2-6-22(18)25/h7-10,13,18-19,22-23H,2-6,11-12,14-15H2,1H3,(H,24,27)/t18-,19-,22-,23+/m0/s1. The average Bonchev–Trinajstić information content (AvgIpc) is 2.73. The lowest BCUT2D eigenvalue weighted by Gasteiger charge is -2.54. The summed E-state index contributed by atoms with van der Waals surface area (Å²) in [6, 6.07) is 7.24. The molecule has 1 aromatic carbocycles. The number of rotatable bonds is 3. The second kappa shape index (κ2) is 7.77. The predicted octanol–water partition coefficient (Wildman–Crippen LogP) is 3.23. The van der Waals surface area contributed by atoms with E-state index in [1.165, 1.54) is 31.8 Å². The van der Waals surface area contributed by atoms with Gasteiger partial charge in [-0.25, -0.2) is 8.42 Å². The third-order valence-electron chi connectivity index (χ3n) is 7.39. The Labute approximate surface area is 179 Å². The first-order chi connectivity index (χ1) is 14.4. The summed E-state index contributed by atoms with van der Waals surface area (Å²) < 4.78 is 29.0. The van der Waals surface area contributed by atoms with Crippen LogP contribution in [0.5, 0.6) is 0 Å². The summed E-state index contributed by atoms with van der Waals surface area (Å²) >= 11 is 0. The van der Waals surface area contributed by atoms with E-state index in [0.717, 1.165) is 32.4 Å². The Bertz CT molecular complexity index is 956. The first-order valence-electron chi connectivity index (χ1n) is 11.3. The van der Waals surface area contributed by atoms with Crippen LogP contribution in [0.25, 0.3) is 0 Å². The van der Waals surface area contributed by atoms with Crippen molar-refractivity contribution in [3.63, 3.8) is 0 Å². The van der Waals surface area contributed by atoms with E-state index in [4.69, 9.17) is 0 Å². The van der Waals surface area contributed by atoms with Crippen LogP contribution < -0.4 is 5.32 Å². The molecule has 1 aliphatic carbocycles. The van der Waals surface area contributed by atoms with Gasteiger partial charge in [-0.05, 0) is 74.8 Å². The van der Waals surface area contributed by atoms with Crippen LogP contribution in [0.2, 0.25) is 0 Å². The molecule has 1 amide bonds. The van der Waals surface area contributed by atoms with E-state index >= 15 is 0 Å². The molecule has 2 bridgehead atoms. The molecule has 5 rings (SSSR count). The number of hydrogen-bond acceptors (Lipinski definition) is 4. The SMILES string of the molecule is CC(=O)Nc1ccc(S(=O)(=O)N2CCCC3=C[C@H]4C[C@@H](CN5CCCC[C@@H]45)[C@@H]32)cc1. The van der Waals surface area contributed by atoms with Crippen LogP contribution in [0, 0.1) is 11.8 Å². The monoisotopic (exact) mass is 429 g/mol. The molecule has 0 radical (unpaired) electrons. The fraction of sp³-hybridized carbons (Fsp3) is 0.609. The van der Waals surface area contributed by atoms with Crippen LogP contribution in [0.4, 0.5) is 5.69 Å². The third kappa shape index (κ3) is 3.51. The lowest BCUT2D eigenvalue weighted by Crippen LogP contribution is -2.59. The first-order valence-corrected chi connectivity index (χ1v) is 12.7. The number of amides is 1. The normalized spacial score (nSPS) is 32.0. The highest BCUT2D eigenvalue weighted by atomic mass is 32.2. The number of fused-ring (bicyclic) bond motifs is 6. The molecule has 7 heteroatoms. The molecular formula is C23H31N3O3S. The average molecular weight is 430 g/mol. The highest BCUT2D eigenvalue weighted by Crippen LogP contribution is 2.46. The van der Waals surface area contributed by atoms with Crippen molar-refractivity contribution in [2.24, 2.45) is 11.8 Å². The molecule has 1 aromatic rings. The number of piperidine rings is 3. The van der Waals surface area contributed by atoms with Crippen LogP contribution in [-0.4, -0.2) is 55.2 Å². The molecule has 4 aliphatic rings. The van der Waals surface area contributed by atoms with Gasteiger partial charge in [0.1, 0.15) is 0 Å². The summed E-state index contributed by atoms with van der Waals surface area (Å²) in [6.45, 7) is 4.21. The molecular weight excluding hydrogens is 398 g/mol. The van der Waals surface area contributed by atoms with Crippen molar-refractivity contribution < 1.29 is 13.2 Å². The number of anilines is 1. The van der Waals surface area contributed by atoms with Crippen LogP contribution in [0.1, 0.15) is 45.4 Å². The van der Waals surface area contributed by atoms with Gasteiger partial charge >= 0.3 is 0 Å². The number of benzene rings is 1. The first kappa shape index (κ1) is 20.2. The van der Waals surface area contributed by atoms with Gasteiger partial charge in [0.2, 0.25) is 15.9 Å². The Morgan fingerprint density at radius 2 is 1.90 bits per heavy atom. The van der Waals surface area contributed by atoms with E-state index < -0.39 is 10.0 Å². The molecule has 3 aliphatic heterocycles. The van der Waals surface area contributed by atoms with Gasteiger partial charge in [0.25, 0.3) is 0 Å². The molecule has 6 nitrogen and oxygen atoms in total. The Morgan fingerprint density at radius 1 is 1.10 bits per heavy atom. The smallest absolute Gasteiger partial charge is 0.243 e. The van der Waals surface area contributed by atoms with Gasteiger partial charge in [0.15, 0.2) is 0 Å². The Kier molecular flexibility index (Phi) is 5.24. The second-order valence-corrected chi connectivity index (χ2v) is 11.2. The highest BCUT2D eigenvalue weighted by Gasteiger charge is 2.48. The van der Waals surface area contributed by atoms with E-state index in [-0.39, 0.29) is 11.9 Å². The summed E-state index contributed by atoms with van der Waals surface area (Å²) in [4.78, 5) is 14.2. The Hall–Kier alpha value is -1.70. The largest absolute Gasteiger partial charge is 0.326 e. The molecule has 0 saturated carbocycles. The fourth-order valence-electron chi connectivity index (χ4n) is 6.24. The molecule has 4 atom stereocenters. The molecule has 0 unspecified atom stereocenters. The summed E-state index contributed by atoms with van der Waals surface area (Å²) in [7, 11) is -3.58. The van der Waals surface area contributed by atoms with E-state index in [0.29, 0.717) is 35.0 Å². The minimum absolute atomic E-state index is 0.00195. The topological polar surface area (TPSA) is 69.7 Å². The third-order valence-corrected chi connectivity index (χ3v) is 9.29. The lowest BCUT2D eigenvalue weighted by atomic mass is 9.68. The zero-order valence-electron chi connectivity index (χ0n) is 17.6. The molecule has 3 fully saturated rings. The van der Waals surface area contributed by atoms with Crippen molar-refractivity contribution in [3.8, 4) is 0 Å². The van der Waals surface area contributed by atoms with Crippen LogP contribution in [-0.2, 0) is 14.8 Å². The van der Waals surface area contributed by atoms with E-state index in [2.05, 4.69) is 16.3 Å². The van der Waals surface area contributed by atoms with Gasteiger partial charge in [0.05, 0.1) is 10.9 Å².